The molecule has 2 aliphatic heterocycles. The average Bonchev–Trinajstić information content (AvgIpc) is 3.60. The Kier molecular flexibility index (Phi) is 7.83. The number of benzene rings is 2. The lowest BCUT2D eigenvalue weighted by molar-refractivity contribution is -0.135. The maximum atomic E-state index is 13.8. The van der Waals surface area contributed by atoms with Crippen molar-refractivity contribution in [2.75, 3.05) is 33.0 Å². The Morgan fingerprint density at radius 2 is 2.03 bits per heavy atom. The predicted molar refractivity (Wildman–Crippen MR) is 142 cm³/mol. The van der Waals surface area contributed by atoms with Crippen molar-refractivity contribution in [3.63, 3.8) is 0 Å². The van der Waals surface area contributed by atoms with E-state index in [4.69, 9.17) is 14.2 Å². The molecule has 7 nitrogen and oxygen atoms in total. The molecule has 0 bridgehead atoms. The van der Waals surface area contributed by atoms with Crippen molar-refractivity contribution in [3.05, 3.63) is 75.7 Å². The van der Waals surface area contributed by atoms with Crippen LogP contribution in [-0.2, 0) is 11.2 Å². The fraction of sp³-hybridized carbons (Fsp3) is 0.379. The Morgan fingerprint density at radius 1 is 1.18 bits per heavy atom. The summed E-state index contributed by atoms with van der Waals surface area (Å²) >= 11 is 1.66. The van der Waals surface area contributed by atoms with Gasteiger partial charge in [-0.1, -0.05) is 26.3 Å². The molecule has 3 heterocycles. The Bertz CT molecular complexity index is 1310. The number of hydrogen-bond donors (Lipinski definition) is 0. The summed E-state index contributed by atoms with van der Waals surface area (Å²) in [5, 5.41) is 2.02. The van der Waals surface area contributed by atoms with Crippen LogP contribution in [0.25, 0.3) is 0 Å². The third kappa shape index (κ3) is 5.62. The van der Waals surface area contributed by atoms with Gasteiger partial charge in [0.15, 0.2) is 11.5 Å². The van der Waals surface area contributed by atoms with Crippen molar-refractivity contribution < 1.29 is 28.2 Å². The molecule has 0 saturated carbocycles. The van der Waals surface area contributed by atoms with Gasteiger partial charge in [0.05, 0.1) is 6.04 Å². The molecule has 2 amide bonds. The van der Waals surface area contributed by atoms with Gasteiger partial charge in [0.25, 0.3) is 5.91 Å². The van der Waals surface area contributed by atoms with Gasteiger partial charge in [-0.2, -0.15) is 0 Å². The summed E-state index contributed by atoms with van der Waals surface area (Å²) in [6, 6.07) is 12.8. The summed E-state index contributed by atoms with van der Waals surface area (Å²) < 4.78 is 30.5. The number of carbonyl (C=O) groups excluding carboxylic acids is 2. The van der Waals surface area contributed by atoms with E-state index in [0.717, 1.165) is 18.4 Å². The topological polar surface area (TPSA) is 68.3 Å². The van der Waals surface area contributed by atoms with Crippen LogP contribution in [0.2, 0.25) is 0 Å². The molecular weight excluding hydrogens is 507 g/mol. The highest BCUT2D eigenvalue weighted by atomic mass is 32.1. The number of carbonyl (C=O) groups is 2. The van der Waals surface area contributed by atoms with Crippen LogP contribution in [0, 0.1) is 11.7 Å². The van der Waals surface area contributed by atoms with Crippen LogP contribution in [0.4, 0.5) is 4.39 Å². The standard InChI is InChI=1S/C29H31FN2O5S/c1-3-19(2)15-31(29(34)20-7-8-25-26(13-20)37-18-36-25)16-28(33)32-11-9-27-23(10-12-38-27)24(32)17-35-22-6-4-5-21(30)14-22/h4-8,10,12-14,19,24H,3,9,11,15-18H2,1-2H3/t19-,24+/m1/s1. The van der Waals surface area contributed by atoms with E-state index in [0.29, 0.717) is 35.9 Å². The third-order valence-corrected chi connectivity index (χ3v) is 8.08. The minimum absolute atomic E-state index is 0.0481. The molecule has 38 heavy (non-hydrogen) atoms. The molecule has 0 aliphatic carbocycles. The number of amides is 2. The zero-order valence-corrected chi connectivity index (χ0v) is 22.3. The molecule has 0 radical (unpaired) electrons. The van der Waals surface area contributed by atoms with Gasteiger partial charge in [0, 0.05) is 29.6 Å². The minimum atomic E-state index is -0.377. The molecule has 1 aromatic heterocycles. The number of nitrogens with zero attached hydrogens (tertiary/aromatic N) is 2. The largest absolute Gasteiger partial charge is 0.491 e. The van der Waals surface area contributed by atoms with Crippen molar-refractivity contribution in [2.24, 2.45) is 5.92 Å². The lowest BCUT2D eigenvalue weighted by Gasteiger charge is -2.37. The first-order valence-electron chi connectivity index (χ1n) is 12.9. The molecule has 0 N–H and O–H groups in total. The molecule has 0 saturated heterocycles. The van der Waals surface area contributed by atoms with Gasteiger partial charge in [-0.15, -0.1) is 11.3 Å². The molecule has 9 heteroatoms. The smallest absolute Gasteiger partial charge is 0.254 e. The number of halogens is 1. The van der Waals surface area contributed by atoms with Crippen LogP contribution < -0.4 is 14.2 Å². The zero-order chi connectivity index (χ0) is 26.6. The number of hydrogen-bond acceptors (Lipinski definition) is 6. The van der Waals surface area contributed by atoms with Gasteiger partial charge in [-0.05, 0) is 59.7 Å². The van der Waals surface area contributed by atoms with Gasteiger partial charge < -0.3 is 24.0 Å². The Balaban J connectivity index is 1.36. The molecule has 200 valence electrons. The highest BCUT2D eigenvalue weighted by molar-refractivity contribution is 7.10. The second-order valence-corrected chi connectivity index (χ2v) is 10.7. The molecule has 3 aromatic rings. The highest BCUT2D eigenvalue weighted by Gasteiger charge is 2.34. The van der Waals surface area contributed by atoms with Gasteiger partial charge >= 0.3 is 0 Å². The van der Waals surface area contributed by atoms with Crippen LogP contribution in [0.5, 0.6) is 17.2 Å². The first-order valence-corrected chi connectivity index (χ1v) is 13.7. The van der Waals surface area contributed by atoms with Crippen LogP contribution in [0.3, 0.4) is 0 Å². The molecule has 0 spiro atoms. The van der Waals surface area contributed by atoms with E-state index in [2.05, 4.69) is 13.8 Å². The fourth-order valence-electron chi connectivity index (χ4n) is 4.80. The summed E-state index contributed by atoms with van der Waals surface area (Å²) in [6.45, 7) is 5.39. The summed E-state index contributed by atoms with van der Waals surface area (Å²) in [5.41, 5.74) is 1.50. The maximum Gasteiger partial charge on any atom is 0.254 e. The maximum absolute atomic E-state index is 13.8. The molecule has 0 fully saturated rings. The van der Waals surface area contributed by atoms with Crippen molar-refractivity contribution in [3.8, 4) is 17.2 Å². The van der Waals surface area contributed by atoms with E-state index in [-0.39, 0.29) is 49.5 Å². The quantitative estimate of drug-likeness (QED) is 0.370. The summed E-state index contributed by atoms with van der Waals surface area (Å²) in [5.74, 6) is 1.02. The van der Waals surface area contributed by atoms with Crippen LogP contribution in [-0.4, -0.2) is 54.6 Å². The first kappa shape index (κ1) is 26.0. The second kappa shape index (κ2) is 11.4. The molecule has 5 rings (SSSR count). The SMILES string of the molecule is CC[C@@H](C)CN(CC(=O)N1CCc2sccc2[C@@H]1COc1cccc(F)c1)C(=O)c1ccc2c(c1)OCO2. The first-order chi connectivity index (χ1) is 18.4. The van der Waals surface area contributed by atoms with E-state index >= 15 is 0 Å². The number of rotatable bonds is 9. The molecule has 2 atom stereocenters. The molecular formula is C29H31FN2O5S. The lowest BCUT2D eigenvalue weighted by atomic mass is 10.00. The van der Waals surface area contributed by atoms with Crippen molar-refractivity contribution >= 4 is 23.2 Å². The number of thiophene rings is 1. The Morgan fingerprint density at radius 3 is 2.84 bits per heavy atom. The summed E-state index contributed by atoms with van der Waals surface area (Å²) in [6.07, 6.45) is 1.63. The van der Waals surface area contributed by atoms with E-state index in [1.165, 1.54) is 17.0 Å². The van der Waals surface area contributed by atoms with Gasteiger partial charge in [-0.25, -0.2) is 4.39 Å². The Labute approximate surface area is 225 Å². The van der Waals surface area contributed by atoms with E-state index in [1.54, 1.807) is 51.5 Å². The van der Waals surface area contributed by atoms with Crippen LogP contribution in [0.15, 0.2) is 53.9 Å². The Hall–Kier alpha value is -3.59. The monoisotopic (exact) mass is 538 g/mol. The van der Waals surface area contributed by atoms with Crippen molar-refractivity contribution in [1.82, 2.24) is 9.80 Å². The van der Waals surface area contributed by atoms with E-state index in [1.807, 2.05) is 11.4 Å². The van der Waals surface area contributed by atoms with Gasteiger partial charge in [-0.3, -0.25) is 9.59 Å². The van der Waals surface area contributed by atoms with Gasteiger partial charge in [0.1, 0.15) is 24.7 Å². The average molecular weight is 539 g/mol. The van der Waals surface area contributed by atoms with E-state index < -0.39 is 0 Å². The normalized spacial score (nSPS) is 16.6. The third-order valence-electron chi connectivity index (χ3n) is 7.08. The number of ether oxygens (including phenoxy) is 3. The number of fused-ring (bicyclic) bond motifs is 2. The molecule has 2 aliphatic rings. The van der Waals surface area contributed by atoms with E-state index in [9.17, 15) is 14.0 Å². The zero-order valence-electron chi connectivity index (χ0n) is 21.5. The van der Waals surface area contributed by atoms with Crippen LogP contribution >= 0.6 is 11.3 Å². The van der Waals surface area contributed by atoms with Crippen LogP contribution in [0.1, 0.15) is 47.1 Å². The summed E-state index contributed by atoms with van der Waals surface area (Å²) in [7, 11) is 0. The predicted octanol–water partition coefficient (Wildman–Crippen LogP) is 5.31. The summed E-state index contributed by atoms with van der Waals surface area (Å²) in [4.78, 5) is 32.0. The second-order valence-electron chi connectivity index (χ2n) is 9.69. The highest BCUT2D eigenvalue weighted by Crippen LogP contribution is 2.35. The van der Waals surface area contributed by atoms with Gasteiger partial charge in [0.2, 0.25) is 12.7 Å². The lowest BCUT2D eigenvalue weighted by Crippen LogP contribution is -2.48. The molecule has 2 aromatic carbocycles. The molecule has 0 unspecified atom stereocenters. The fourth-order valence-corrected chi connectivity index (χ4v) is 5.73. The minimum Gasteiger partial charge on any atom is -0.491 e. The van der Waals surface area contributed by atoms with Crippen molar-refractivity contribution in [1.29, 1.82) is 0 Å². The van der Waals surface area contributed by atoms with Crippen molar-refractivity contribution in [2.45, 2.75) is 32.7 Å².